The minimum absolute atomic E-state index is 0.0627. The summed E-state index contributed by atoms with van der Waals surface area (Å²) < 4.78 is 42.9. The van der Waals surface area contributed by atoms with E-state index < -0.39 is 16.0 Å². The smallest absolute Gasteiger partial charge is 0.340 e. The van der Waals surface area contributed by atoms with E-state index in [1.807, 2.05) is 6.92 Å². The molecule has 0 aliphatic carbocycles. The number of esters is 1. The third-order valence-corrected chi connectivity index (χ3v) is 5.98. The predicted octanol–water partition coefficient (Wildman–Crippen LogP) is 3.01. The van der Waals surface area contributed by atoms with Crippen LogP contribution >= 0.6 is 0 Å². The van der Waals surface area contributed by atoms with Crippen LogP contribution in [0.3, 0.4) is 0 Å². The van der Waals surface area contributed by atoms with Crippen molar-refractivity contribution in [3.8, 4) is 11.5 Å². The van der Waals surface area contributed by atoms with Crippen LogP contribution in [-0.4, -0.2) is 42.3 Å². The number of methoxy groups -OCH3 is 3. The monoisotopic (exact) mass is 393 g/mol. The van der Waals surface area contributed by atoms with Crippen LogP contribution in [0.2, 0.25) is 0 Å². The minimum atomic E-state index is -3.90. The molecule has 0 aromatic heterocycles. The van der Waals surface area contributed by atoms with Crippen molar-refractivity contribution >= 4 is 21.7 Å². The summed E-state index contributed by atoms with van der Waals surface area (Å²) in [5.74, 6) is -0.0772. The molecule has 0 spiro atoms. The number of nitrogens with zero attached hydrogens (tertiary/aromatic N) is 1. The number of benzene rings is 2. The summed E-state index contributed by atoms with van der Waals surface area (Å²) in [6.45, 7) is 3.66. The van der Waals surface area contributed by atoms with Crippen molar-refractivity contribution in [2.75, 3.05) is 32.2 Å². The zero-order valence-electron chi connectivity index (χ0n) is 16.0. The summed E-state index contributed by atoms with van der Waals surface area (Å²) in [5.41, 5.74) is 1.16. The first kappa shape index (κ1) is 20.6. The maximum Gasteiger partial charge on any atom is 0.340 e. The van der Waals surface area contributed by atoms with Crippen LogP contribution in [0.5, 0.6) is 11.5 Å². The second-order valence-electron chi connectivity index (χ2n) is 5.70. The van der Waals surface area contributed by atoms with Crippen LogP contribution in [0.25, 0.3) is 0 Å². The van der Waals surface area contributed by atoms with Gasteiger partial charge in [-0.3, -0.25) is 4.31 Å². The van der Waals surface area contributed by atoms with E-state index in [2.05, 4.69) is 0 Å². The van der Waals surface area contributed by atoms with Gasteiger partial charge in [-0.2, -0.15) is 0 Å². The van der Waals surface area contributed by atoms with Gasteiger partial charge in [0.1, 0.15) is 0 Å². The van der Waals surface area contributed by atoms with Gasteiger partial charge in [0.25, 0.3) is 10.0 Å². The summed E-state index contributed by atoms with van der Waals surface area (Å²) in [6.07, 6.45) is 0. The molecule has 2 aromatic carbocycles. The summed E-state index contributed by atoms with van der Waals surface area (Å²) in [5, 5.41) is 0. The summed E-state index contributed by atoms with van der Waals surface area (Å²) >= 11 is 0. The van der Waals surface area contributed by atoms with Gasteiger partial charge in [0.05, 0.1) is 37.5 Å². The zero-order valence-corrected chi connectivity index (χ0v) is 16.8. The highest BCUT2D eigenvalue weighted by Crippen LogP contribution is 2.37. The van der Waals surface area contributed by atoms with Crippen molar-refractivity contribution in [1.29, 1.82) is 0 Å². The number of carbonyl (C=O) groups excluding carboxylic acids is 1. The number of carbonyl (C=O) groups is 1. The molecule has 2 rings (SSSR count). The van der Waals surface area contributed by atoms with E-state index >= 15 is 0 Å². The maximum atomic E-state index is 13.2. The van der Waals surface area contributed by atoms with Crippen molar-refractivity contribution < 1.29 is 27.4 Å². The number of anilines is 1. The molecule has 27 heavy (non-hydrogen) atoms. The van der Waals surface area contributed by atoms with Crippen LogP contribution in [0.1, 0.15) is 22.8 Å². The normalized spacial score (nSPS) is 11.0. The Morgan fingerprint density at radius 2 is 1.56 bits per heavy atom. The van der Waals surface area contributed by atoms with Crippen LogP contribution in [0, 0.1) is 6.92 Å². The molecule has 0 bridgehead atoms. The molecule has 0 heterocycles. The fourth-order valence-corrected chi connectivity index (χ4v) is 4.14. The average molecular weight is 393 g/mol. The number of rotatable bonds is 7. The van der Waals surface area contributed by atoms with Gasteiger partial charge >= 0.3 is 5.97 Å². The van der Waals surface area contributed by atoms with E-state index in [9.17, 15) is 13.2 Å². The highest BCUT2D eigenvalue weighted by Gasteiger charge is 2.29. The van der Waals surface area contributed by atoms with Crippen LogP contribution in [-0.2, 0) is 14.8 Å². The molecule has 0 atom stereocenters. The third-order valence-electron chi connectivity index (χ3n) is 4.07. The molecular weight excluding hydrogens is 370 g/mol. The van der Waals surface area contributed by atoms with E-state index in [4.69, 9.17) is 14.2 Å². The van der Waals surface area contributed by atoms with Gasteiger partial charge in [0, 0.05) is 18.7 Å². The summed E-state index contributed by atoms with van der Waals surface area (Å²) in [7, 11) is 0.194. The fourth-order valence-electron chi connectivity index (χ4n) is 2.66. The predicted molar refractivity (Wildman–Crippen MR) is 102 cm³/mol. The molecule has 0 unspecified atom stereocenters. The third kappa shape index (κ3) is 4.00. The lowest BCUT2D eigenvalue weighted by Gasteiger charge is -2.26. The lowest BCUT2D eigenvalue weighted by atomic mass is 10.1. The zero-order chi connectivity index (χ0) is 20.2. The van der Waals surface area contributed by atoms with Gasteiger partial charge in [-0.1, -0.05) is 17.7 Å². The summed E-state index contributed by atoms with van der Waals surface area (Å²) in [4.78, 5) is 12.4. The average Bonchev–Trinajstić information content (AvgIpc) is 2.67. The van der Waals surface area contributed by atoms with E-state index in [-0.39, 0.29) is 22.7 Å². The van der Waals surface area contributed by atoms with E-state index in [1.54, 1.807) is 19.1 Å². The Hall–Kier alpha value is -2.74. The van der Waals surface area contributed by atoms with Crippen molar-refractivity contribution in [1.82, 2.24) is 0 Å². The first-order valence-corrected chi connectivity index (χ1v) is 9.67. The SMILES string of the molecule is CCN(c1cc(OC)c(OC)cc1C(=O)OC)S(=O)(=O)c1ccc(C)cc1. The van der Waals surface area contributed by atoms with Crippen molar-refractivity contribution in [2.45, 2.75) is 18.7 Å². The molecule has 146 valence electrons. The van der Waals surface area contributed by atoms with Gasteiger partial charge in [0.15, 0.2) is 11.5 Å². The molecule has 0 aliphatic heterocycles. The molecule has 0 fully saturated rings. The molecule has 0 radical (unpaired) electrons. The molecule has 2 aromatic rings. The molecular formula is C19H23NO6S. The minimum Gasteiger partial charge on any atom is -0.493 e. The Labute approximate surface area is 159 Å². The number of ether oxygens (including phenoxy) is 3. The Morgan fingerprint density at radius 1 is 1.00 bits per heavy atom. The standard InChI is InChI=1S/C19H23NO6S/c1-6-20(27(22,23)14-9-7-13(2)8-10-14)16-12-18(25-4)17(24-3)11-15(16)19(21)26-5/h7-12H,6H2,1-5H3. The highest BCUT2D eigenvalue weighted by atomic mass is 32.2. The van der Waals surface area contributed by atoms with E-state index in [0.29, 0.717) is 11.5 Å². The number of sulfonamides is 1. The Bertz CT molecular complexity index is 922. The molecule has 0 N–H and O–H groups in total. The van der Waals surface area contributed by atoms with Crippen molar-refractivity contribution in [3.63, 3.8) is 0 Å². The largest absolute Gasteiger partial charge is 0.493 e. The first-order chi connectivity index (χ1) is 12.8. The Kier molecular flexibility index (Phi) is 6.32. The highest BCUT2D eigenvalue weighted by molar-refractivity contribution is 7.92. The van der Waals surface area contributed by atoms with Crippen molar-refractivity contribution in [2.24, 2.45) is 0 Å². The van der Waals surface area contributed by atoms with Gasteiger partial charge in [-0.15, -0.1) is 0 Å². The van der Waals surface area contributed by atoms with Crippen LogP contribution in [0.4, 0.5) is 5.69 Å². The Morgan fingerprint density at radius 3 is 2.04 bits per heavy atom. The molecule has 8 heteroatoms. The number of hydrogen-bond acceptors (Lipinski definition) is 6. The second kappa shape index (κ2) is 8.30. The van der Waals surface area contributed by atoms with E-state index in [1.165, 1.54) is 45.6 Å². The van der Waals surface area contributed by atoms with Gasteiger partial charge < -0.3 is 14.2 Å². The molecule has 0 saturated carbocycles. The quantitative estimate of drug-likeness (QED) is 0.673. The Balaban J connectivity index is 2.71. The first-order valence-electron chi connectivity index (χ1n) is 8.23. The second-order valence-corrected chi connectivity index (χ2v) is 7.56. The topological polar surface area (TPSA) is 82.1 Å². The van der Waals surface area contributed by atoms with Gasteiger partial charge in [0.2, 0.25) is 0 Å². The fraction of sp³-hybridized carbons (Fsp3) is 0.316. The van der Waals surface area contributed by atoms with E-state index in [0.717, 1.165) is 9.87 Å². The lowest BCUT2D eigenvalue weighted by Crippen LogP contribution is -2.32. The maximum absolute atomic E-state index is 13.2. The molecule has 0 amide bonds. The molecule has 7 nitrogen and oxygen atoms in total. The molecule has 0 aliphatic rings. The van der Waals surface area contributed by atoms with Gasteiger partial charge in [-0.25, -0.2) is 13.2 Å². The van der Waals surface area contributed by atoms with Crippen molar-refractivity contribution in [3.05, 3.63) is 47.5 Å². The lowest BCUT2D eigenvalue weighted by molar-refractivity contribution is 0.0601. The van der Waals surface area contributed by atoms with Crippen LogP contribution < -0.4 is 13.8 Å². The summed E-state index contributed by atoms with van der Waals surface area (Å²) in [6, 6.07) is 9.37. The van der Waals surface area contributed by atoms with Gasteiger partial charge in [-0.05, 0) is 26.0 Å². The number of hydrogen-bond donors (Lipinski definition) is 0. The number of aryl methyl sites for hydroxylation is 1. The molecule has 0 saturated heterocycles. The van der Waals surface area contributed by atoms with Crippen LogP contribution in [0.15, 0.2) is 41.3 Å².